The van der Waals surface area contributed by atoms with E-state index in [9.17, 15) is 9.59 Å². The molecule has 0 spiro atoms. The van der Waals surface area contributed by atoms with Gasteiger partial charge >= 0.3 is 0 Å². The van der Waals surface area contributed by atoms with E-state index in [0.717, 1.165) is 23.0 Å². The molecule has 2 amide bonds. The maximum Gasteiger partial charge on any atom is 0.237 e. The predicted octanol–water partition coefficient (Wildman–Crippen LogP) is 1.26. The van der Waals surface area contributed by atoms with Crippen LogP contribution in [0.3, 0.4) is 0 Å². The zero-order valence-electron chi connectivity index (χ0n) is 12.1. The standard InChI is InChI=1S/C15H20BrN3O2/c1-15(6-7-18-10-15)14(21)19(9-13(17)20)8-11-2-4-12(16)5-3-11/h2-5,18H,6-10H2,1H3,(H2,17,20). The van der Waals surface area contributed by atoms with Crippen molar-refractivity contribution in [3.05, 3.63) is 34.3 Å². The number of hydrogen-bond acceptors (Lipinski definition) is 3. The molecule has 1 aliphatic heterocycles. The molecule has 1 heterocycles. The Labute approximate surface area is 133 Å². The minimum absolute atomic E-state index is 0.0192. The summed E-state index contributed by atoms with van der Waals surface area (Å²) in [5.41, 5.74) is 5.82. The van der Waals surface area contributed by atoms with Crippen LogP contribution in [-0.4, -0.2) is 36.3 Å². The molecule has 0 bridgehead atoms. The molecule has 1 saturated heterocycles. The molecule has 5 nitrogen and oxygen atoms in total. The van der Waals surface area contributed by atoms with Crippen molar-refractivity contribution in [1.82, 2.24) is 10.2 Å². The maximum absolute atomic E-state index is 12.7. The fourth-order valence-corrected chi connectivity index (χ4v) is 2.84. The number of amides is 2. The smallest absolute Gasteiger partial charge is 0.237 e. The number of carbonyl (C=O) groups is 2. The third-order valence-electron chi connectivity index (χ3n) is 3.81. The van der Waals surface area contributed by atoms with Crippen LogP contribution < -0.4 is 11.1 Å². The zero-order chi connectivity index (χ0) is 15.5. The van der Waals surface area contributed by atoms with Crippen molar-refractivity contribution in [2.45, 2.75) is 19.9 Å². The summed E-state index contributed by atoms with van der Waals surface area (Å²) in [6.45, 7) is 3.74. The minimum Gasteiger partial charge on any atom is -0.368 e. The van der Waals surface area contributed by atoms with E-state index < -0.39 is 11.3 Å². The fourth-order valence-electron chi connectivity index (χ4n) is 2.58. The molecule has 2 rings (SSSR count). The van der Waals surface area contributed by atoms with Gasteiger partial charge in [0.25, 0.3) is 0 Å². The highest BCUT2D eigenvalue weighted by molar-refractivity contribution is 9.10. The molecule has 0 saturated carbocycles. The lowest BCUT2D eigenvalue weighted by Gasteiger charge is -2.30. The Morgan fingerprint density at radius 1 is 1.38 bits per heavy atom. The Kier molecular flexibility index (Phi) is 5.00. The van der Waals surface area contributed by atoms with Gasteiger partial charge in [-0.2, -0.15) is 0 Å². The summed E-state index contributed by atoms with van der Waals surface area (Å²) in [5.74, 6) is -0.510. The number of hydrogen-bond donors (Lipinski definition) is 2. The van der Waals surface area contributed by atoms with Crippen LogP contribution in [0, 0.1) is 5.41 Å². The van der Waals surface area contributed by atoms with Crippen molar-refractivity contribution in [3.8, 4) is 0 Å². The molecule has 1 fully saturated rings. The topological polar surface area (TPSA) is 75.4 Å². The first-order valence-electron chi connectivity index (χ1n) is 6.93. The summed E-state index contributed by atoms with van der Waals surface area (Å²) >= 11 is 3.38. The van der Waals surface area contributed by atoms with Gasteiger partial charge in [0.1, 0.15) is 0 Å². The van der Waals surface area contributed by atoms with E-state index in [-0.39, 0.29) is 12.5 Å². The van der Waals surface area contributed by atoms with Gasteiger partial charge in [-0.1, -0.05) is 28.1 Å². The van der Waals surface area contributed by atoms with Gasteiger partial charge in [0, 0.05) is 17.6 Å². The van der Waals surface area contributed by atoms with Gasteiger partial charge in [-0.3, -0.25) is 9.59 Å². The number of carbonyl (C=O) groups excluding carboxylic acids is 2. The van der Waals surface area contributed by atoms with Crippen molar-refractivity contribution >= 4 is 27.7 Å². The third kappa shape index (κ3) is 4.04. The number of rotatable bonds is 5. The second-order valence-electron chi connectivity index (χ2n) is 5.74. The Balaban J connectivity index is 2.15. The molecule has 1 unspecified atom stereocenters. The van der Waals surface area contributed by atoms with Crippen molar-refractivity contribution in [3.63, 3.8) is 0 Å². The molecule has 6 heteroatoms. The summed E-state index contributed by atoms with van der Waals surface area (Å²) in [7, 11) is 0. The van der Waals surface area contributed by atoms with Crippen molar-refractivity contribution in [2.24, 2.45) is 11.1 Å². The second kappa shape index (κ2) is 6.58. The molecule has 3 N–H and O–H groups in total. The molecule has 0 aromatic heterocycles. The highest BCUT2D eigenvalue weighted by atomic mass is 79.9. The van der Waals surface area contributed by atoms with Gasteiger partial charge in [0.05, 0.1) is 12.0 Å². The molecule has 0 aliphatic carbocycles. The van der Waals surface area contributed by atoms with E-state index in [1.54, 1.807) is 4.90 Å². The average molecular weight is 354 g/mol. The Morgan fingerprint density at radius 3 is 2.57 bits per heavy atom. The third-order valence-corrected chi connectivity index (χ3v) is 4.33. The Morgan fingerprint density at radius 2 is 2.05 bits per heavy atom. The van der Waals surface area contributed by atoms with Crippen LogP contribution in [0.2, 0.25) is 0 Å². The van der Waals surface area contributed by atoms with Gasteiger partial charge in [-0.15, -0.1) is 0 Å². The summed E-state index contributed by atoms with van der Waals surface area (Å²) < 4.78 is 0.978. The predicted molar refractivity (Wildman–Crippen MR) is 84.3 cm³/mol. The number of benzene rings is 1. The number of nitrogens with zero attached hydrogens (tertiary/aromatic N) is 1. The van der Waals surface area contributed by atoms with E-state index in [1.807, 2.05) is 31.2 Å². The van der Waals surface area contributed by atoms with Crippen LogP contribution in [0.1, 0.15) is 18.9 Å². The summed E-state index contributed by atoms with van der Waals surface area (Å²) in [6, 6.07) is 7.70. The number of nitrogens with two attached hydrogens (primary N) is 1. The van der Waals surface area contributed by atoms with E-state index in [2.05, 4.69) is 21.2 Å². The minimum atomic E-state index is -0.491. The van der Waals surface area contributed by atoms with Gasteiger partial charge in [0.15, 0.2) is 0 Å². The normalized spacial score (nSPS) is 21.2. The first-order valence-corrected chi connectivity index (χ1v) is 7.73. The van der Waals surface area contributed by atoms with Crippen LogP contribution in [0.25, 0.3) is 0 Å². The highest BCUT2D eigenvalue weighted by Gasteiger charge is 2.39. The van der Waals surface area contributed by atoms with Crippen LogP contribution in [0.4, 0.5) is 0 Å². The van der Waals surface area contributed by atoms with Crippen LogP contribution >= 0.6 is 15.9 Å². The quantitative estimate of drug-likeness (QED) is 0.836. The van der Waals surface area contributed by atoms with Crippen molar-refractivity contribution in [1.29, 1.82) is 0 Å². The summed E-state index contributed by atoms with van der Waals surface area (Å²) in [4.78, 5) is 25.6. The fraction of sp³-hybridized carbons (Fsp3) is 0.467. The van der Waals surface area contributed by atoms with Gasteiger partial charge in [-0.25, -0.2) is 0 Å². The second-order valence-corrected chi connectivity index (χ2v) is 6.66. The van der Waals surface area contributed by atoms with E-state index in [0.29, 0.717) is 13.1 Å². The lowest BCUT2D eigenvalue weighted by Crippen LogP contribution is -2.46. The molecule has 21 heavy (non-hydrogen) atoms. The van der Waals surface area contributed by atoms with Crippen molar-refractivity contribution < 1.29 is 9.59 Å². The molecule has 0 radical (unpaired) electrons. The lowest BCUT2D eigenvalue weighted by molar-refractivity contribution is -0.143. The van der Waals surface area contributed by atoms with E-state index in [1.165, 1.54) is 0 Å². The summed E-state index contributed by atoms with van der Waals surface area (Å²) in [5, 5.41) is 3.20. The zero-order valence-corrected chi connectivity index (χ0v) is 13.6. The first kappa shape index (κ1) is 16.0. The molecular weight excluding hydrogens is 334 g/mol. The maximum atomic E-state index is 12.7. The molecule has 1 aromatic carbocycles. The lowest BCUT2D eigenvalue weighted by atomic mass is 9.88. The number of nitrogens with one attached hydrogen (secondary N) is 1. The number of halogens is 1. The molecular formula is C15H20BrN3O2. The van der Waals surface area contributed by atoms with Crippen LogP contribution in [-0.2, 0) is 16.1 Å². The van der Waals surface area contributed by atoms with Gasteiger partial charge in [-0.05, 0) is 37.6 Å². The largest absolute Gasteiger partial charge is 0.368 e. The molecule has 1 aromatic rings. The summed E-state index contributed by atoms with van der Waals surface area (Å²) in [6.07, 6.45) is 0.779. The van der Waals surface area contributed by atoms with E-state index >= 15 is 0 Å². The molecule has 1 atom stereocenters. The van der Waals surface area contributed by atoms with Crippen molar-refractivity contribution in [2.75, 3.05) is 19.6 Å². The van der Waals surface area contributed by atoms with E-state index in [4.69, 9.17) is 5.73 Å². The molecule has 1 aliphatic rings. The number of primary amides is 1. The Bertz CT molecular complexity index is 524. The monoisotopic (exact) mass is 353 g/mol. The van der Waals surface area contributed by atoms with Crippen LogP contribution in [0.15, 0.2) is 28.7 Å². The van der Waals surface area contributed by atoms with Crippen LogP contribution in [0.5, 0.6) is 0 Å². The average Bonchev–Trinajstić information content (AvgIpc) is 2.87. The van der Waals surface area contributed by atoms with Gasteiger partial charge < -0.3 is 16.0 Å². The Hall–Kier alpha value is -1.40. The molecule has 114 valence electrons. The van der Waals surface area contributed by atoms with Gasteiger partial charge in [0.2, 0.25) is 11.8 Å². The first-order chi connectivity index (χ1) is 9.90. The SMILES string of the molecule is CC1(C(=O)N(CC(N)=O)Cc2ccc(Br)cc2)CCNC1. The highest BCUT2D eigenvalue weighted by Crippen LogP contribution is 2.28.